The zero-order chi connectivity index (χ0) is 13.0. The van der Waals surface area contributed by atoms with Gasteiger partial charge < -0.3 is 4.74 Å². The summed E-state index contributed by atoms with van der Waals surface area (Å²) in [5.74, 6) is 0.599. The fraction of sp³-hybridized carbons (Fsp3) is 0.625. The summed E-state index contributed by atoms with van der Waals surface area (Å²) in [5, 5.41) is 0.149. The summed E-state index contributed by atoms with van der Waals surface area (Å²) < 4.78 is 5.46. The SMILES string of the molecule is CCCC(CCC)C(Cl)c1ccc2c(c1)COC2. The van der Waals surface area contributed by atoms with Crippen molar-refractivity contribution < 1.29 is 4.74 Å². The molecule has 1 atom stereocenters. The Morgan fingerprint density at radius 2 is 1.78 bits per heavy atom. The molecule has 0 aliphatic carbocycles. The molecule has 0 aromatic heterocycles. The number of alkyl halides is 1. The Morgan fingerprint density at radius 3 is 2.44 bits per heavy atom. The van der Waals surface area contributed by atoms with Crippen molar-refractivity contribution in [2.75, 3.05) is 0 Å². The molecule has 0 bridgehead atoms. The third-order valence-electron chi connectivity index (χ3n) is 3.80. The molecule has 1 unspecified atom stereocenters. The minimum absolute atomic E-state index is 0.149. The molecule has 0 radical (unpaired) electrons. The Hall–Kier alpha value is -0.530. The highest BCUT2D eigenvalue weighted by molar-refractivity contribution is 6.21. The number of halogens is 1. The highest BCUT2D eigenvalue weighted by Gasteiger charge is 2.21. The molecular formula is C16H23ClO. The molecule has 2 heteroatoms. The summed E-state index contributed by atoms with van der Waals surface area (Å²) >= 11 is 6.69. The molecule has 1 aliphatic heterocycles. The lowest BCUT2D eigenvalue weighted by Crippen LogP contribution is -2.08. The lowest BCUT2D eigenvalue weighted by Gasteiger charge is -2.22. The van der Waals surface area contributed by atoms with Gasteiger partial charge in [0.05, 0.1) is 18.6 Å². The van der Waals surface area contributed by atoms with Gasteiger partial charge >= 0.3 is 0 Å². The zero-order valence-electron chi connectivity index (χ0n) is 11.4. The first-order valence-electron chi connectivity index (χ1n) is 7.09. The predicted molar refractivity (Wildman–Crippen MR) is 76.8 cm³/mol. The molecule has 1 aromatic rings. The molecule has 1 aliphatic rings. The standard InChI is InChI=1S/C16H23ClO/c1-3-5-12(6-4-2)16(17)13-7-8-14-10-18-11-15(14)9-13/h7-9,12,16H,3-6,10-11H2,1-2H3. The van der Waals surface area contributed by atoms with Crippen LogP contribution in [0.15, 0.2) is 18.2 Å². The summed E-state index contributed by atoms with van der Waals surface area (Å²) in [5.41, 5.74) is 3.92. The van der Waals surface area contributed by atoms with Gasteiger partial charge in [0, 0.05) is 0 Å². The smallest absolute Gasteiger partial charge is 0.0725 e. The van der Waals surface area contributed by atoms with E-state index in [0.717, 1.165) is 13.2 Å². The maximum absolute atomic E-state index is 6.69. The van der Waals surface area contributed by atoms with E-state index in [1.165, 1.54) is 42.4 Å². The second-order valence-corrected chi connectivity index (χ2v) is 5.73. The van der Waals surface area contributed by atoms with E-state index in [2.05, 4.69) is 32.0 Å². The van der Waals surface area contributed by atoms with E-state index in [4.69, 9.17) is 16.3 Å². The number of hydrogen-bond donors (Lipinski definition) is 0. The molecule has 2 rings (SSSR count). The van der Waals surface area contributed by atoms with Crippen LogP contribution < -0.4 is 0 Å². The average Bonchev–Trinajstić information content (AvgIpc) is 2.84. The number of rotatable bonds is 6. The summed E-state index contributed by atoms with van der Waals surface area (Å²) in [4.78, 5) is 0. The Kier molecular flexibility index (Phi) is 5.08. The molecule has 1 heterocycles. The second kappa shape index (κ2) is 6.58. The molecule has 0 fully saturated rings. The minimum atomic E-state index is 0.149. The van der Waals surface area contributed by atoms with E-state index < -0.39 is 0 Å². The van der Waals surface area contributed by atoms with Gasteiger partial charge in [0.15, 0.2) is 0 Å². The van der Waals surface area contributed by atoms with Crippen LogP contribution in [0.4, 0.5) is 0 Å². The van der Waals surface area contributed by atoms with Crippen molar-refractivity contribution >= 4 is 11.6 Å². The lowest BCUT2D eigenvalue weighted by molar-refractivity contribution is 0.134. The molecular weight excluding hydrogens is 244 g/mol. The van der Waals surface area contributed by atoms with Crippen LogP contribution in [-0.2, 0) is 18.0 Å². The molecule has 0 amide bonds. The Labute approximate surface area is 115 Å². The van der Waals surface area contributed by atoms with Gasteiger partial charge in [-0.25, -0.2) is 0 Å². The molecule has 18 heavy (non-hydrogen) atoms. The number of ether oxygens (including phenoxy) is 1. The van der Waals surface area contributed by atoms with Crippen LogP contribution in [0.1, 0.15) is 61.6 Å². The van der Waals surface area contributed by atoms with Crippen LogP contribution in [0.2, 0.25) is 0 Å². The van der Waals surface area contributed by atoms with Crippen molar-refractivity contribution in [2.45, 2.75) is 58.1 Å². The first-order chi connectivity index (χ1) is 8.76. The van der Waals surface area contributed by atoms with E-state index >= 15 is 0 Å². The van der Waals surface area contributed by atoms with Crippen molar-refractivity contribution in [3.63, 3.8) is 0 Å². The normalized spacial score (nSPS) is 16.0. The first kappa shape index (κ1) is 13.9. The van der Waals surface area contributed by atoms with Crippen LogP contribution in [0.25, 0.3) is 0 Å². The fourth-order valence-corrected chi connectivity index (χ4v) is 3.20. The van der Waals surface area contributed by atoms with Gasteiger partial charge in [-0.15, -0.1) is 11.6 Å². The van der Waals surface area contributed by atoms with Crippen molar-refractivity contribution in [1.29, 1.82) is 0 Å². The van der Waals surface area contributed by atoms with Gasteiger partial charge in [-0.05, 0) is 35.4 Å². The molecule has 1 nitrogen and oxygen atoms in total. The van der Waals surface area contributed by atoms with Crippen LogP contribution in [0.5, 0.6) is 0 Å². The Bertz CT molecular complexity index is 383. The molecule has 0 saturated heterocycles. The maximum Gasteiger partial charge on any atom is 0.0725 e. The van der Waals surface area contributed by atoms with Crippen molar-refractivity contribution in [2.24, 2.45) is 5.92 Å². The maximum atomic E-state index is 6.69. The van der Waals surface area contributed by atoms with Gasteiger partial charge in [-0.2, -0.15) is 0 Å². The number of benzene rings is 1. The largest absolute Gasteiger partial charge is 0.372 e. The van der Waals surface area contributed by atoms with E-state index in [0.29, 0.717) is 5.92 Å². The summed E-state index contributed by atoms with van der Waals surface area (Å²) in [6.07, 6.45) is 4.86. The molecule has 1 aromatic carbocycles. The van der Waals surface area contributed by atoms with Crippen LogP contribution in [0.3, 0.4) is 0 Å². The minimum Gasteiger partial charge on any atom is -0.372 e. The first-order valence-corrected chi connectivity index (χ1v) is 7.53. The highest BCUT2D eigenvalue weighted by atomic mass is 35.5. The van der Waals surface area contributed by atoms with Crippen molar-refractivity contribution in [3.05, 3.63) is 34.9 Å². The second-order valence-electron chi connectivity index (χ2n) is 5.26. The summed E-state index contributed by atoms with van der Waals surface area (Å²) in [7, 11) is 0. The number of fused-ring (bicyclic) bond motifs is 1. The zero-order valence-corrected chi connectivity index (χ0v) is 12.2. The lowest BCUT2D eigenvalue weighted by atomic mass is 9.89. The monoisotopic (exact) mass is 266 g/mol. The van der Waals surface area contributed by atoms with Crippen molar-refractivity contribution in [3.8, 4) is 0 Å². The molecule has 0 saturated carbocycles. The highest BCUT2D eigenvalue weighted by Crippen LogP contribution is 2.36. The van der Waals surface area contributed by atoms with E-state index in [-0.39, 0.29) is 5.38 Å². The topological polar surface area (TPSA) is 9.23 Å². The molecule has 0 N–H and O–H groups in total. The van der Waals surface area contributed by atoms with Crippen LogP contribution >= 0.6 is 11.6 Å². The van der Waals surface area contributed by atoms with E-state index in [1.807, 2.05) is 0 Å². The average molecular weight is 267 g/mol. The summed E-state index contributed by atoms with van der Waals surface area (Å²) in [6, 6.07) is 6.61. The van der Waals surface area contributed by atoms with E-state index in [1.54, 1.807) is 0 Å². The van der Waals surface area contributed by atoms with Gasteiger partial charge in [-0.1, -0.05) is 44.9 Å². The van der Waals surface area contributed by atoms with Gasteiger partial charge in [-0.3, -0.25) is 0 Å². The Balaban J connectivity index is 2.13. The van der Waals surface area contributed by atoms with E-state index in [9.17, 15) is 0 Å². The van der Waals surface area contributed by atoms with Crippen LogP contribution in [0, 0.1) is 5.92 Å². The predicted octanol–water partition coefficient (Wildman–Crippen LogP) is 5.21. The molecule has 0 spiro atoms. The third kappa shape index (κ3) is 3.07. The number of hydrogen-bond acceptors (Lipinski definition) is 1. The van der Waals surface area contributed by atoms with Crippen molar-refractivity contribution in [1.82, 2.24) is 0 Å². The fourth-order valence-electron chi connectivity index (χ4n) is 2.81. The van der Waals surface area contributed by atoms with Crippen LogP contribution in [-0.4, -0.2) is 0 Å². The Morgan fingerprint density at radius 1 is 1.11 bits per heavy atom. The van der Waals surface area contributed by atoms with Gasteiger partial charge in [0.2, 0.25) is 0 Å². The van der Waals surface area contributed by atoms with Gasteiger partial charge in [0.25, 0.3) is 0 Å². The van der Waals surface area contributed by atoms with Gasteiger partial charge in [0.1, 0.15) is 0 Å². The molecule has 100 valence electrons. The summed E-state index contributed by atoms with van der Waals surface area (Å²) in [6.45, 7) is 5.99. The third-order valence-corrected chi connectivity index (χ3v) is 4.41. The quantitative estimate of drug-likeness (QED) is 0.642.